The van der Waals surface area contributed by atoms with Gasteiger partial charge in [0.1, 0.15) is 0 Å². The van der Waals surface area contributed by atoms with Crippen LogP contribution in [0.4, 0.5) is 0 Å². The molecule has 0 aromatic carbocycles. The van der Waals surface area contributed by atoms with Crippen LogP contribution in [0.3, 0.4) is 0 Å². The van der Waals surface area contributed by atoms with Gasteiger partial charge in [0.2, 0.25) is 5.91 Å². The molecule has 1 atom stereocenters. The van der Waals surface area contributed by atoms with Gasteiger partial charge in [-0.1, -0.05) is 6.92 Å². The Morgan fingerprint density at radius 3 is 3.09 bits per heavy atom. The standard InChI is InChI=1S/C8H16N2O/c1-2-5-10-8(11)7-4-3-6-9-7/h7,9H,2-6H2,1H3,(H,10,11). The van der Waals surface area contributed by atoms with Gasteiger partial charge < -0.3 is 10.6 Å². The largest absolute Gasteiger partial charge is 0.355 e. The second kappa shape index (κ2) is 4.34. The quantitative estimate of drug-likeness (QED) is 0.615. The summed E-state index contributed by atoms with van der Waals surface area (Å²) >= 11 is 0. The maximum atomic E-state index is 11.2. The van der Waals surface area contributed by atoms with Crippen molar-refractivity contribution >= 4 is 5.91 Å². The summed E-state index contributed by atoms with van der Waals surface area (Å²) in [5.41, 5.74) is 0. The first-order valence-corrected chi connectivity index (χ1v) is 4.35. The molecular weight excluding hydrogens is 140 g/mol. The lowest BCUT2D eigenvalue weighted by atomic mass is 10.2. The minimum atomic E-state index is 0.0848. The maximum absolute atomic E-state index is 11.2. The lowest BCUT2D eigenvalue weighted by molar-refractivity contribution is -0.122. The highest BCUT2D eigenvalue weighted by molar-refractivity contribution is 5.81. The van der Waals surface area contributed by atoms with E-state index in [4.69, 9.17) is 0 Å². The van der Waals surface area contributed by atoms with Gasteiger partial charge in [-0.25, -0.2) is 0 Å². The SMILES string of the molecule is CCCNC(=O)C1CCCN1. The topological polar surface area (TPSA) is 41.1 Å². The van der Waals surface area contributed by atoms with Gasteiger partial charge in [0, 0.05) is 6.54 Å². The minimum Gasteiger partial charge on any atom is -0.355 e. The molecule has 0 saturated carbocycles. The molecule has 1 unspecified atom stereocenters. The molecule has 0 spiro atoms. The second-order valence-electron chi connectivity index (χ2n) is 2.94. The van der Waals surface area contributed by atoms with E-state index < -0.39 is 0 Å². The van der Waals surface area contributed by atoms with Crippen LogP contribution in [-0.4, -0.2) is 25.0 Å². The zero-order chi connectivity index (χ0) is 8.10. The van der Waals surface area contributed by atoms with Crippen LogP contribution >= 0.6 is 0 Å². The van der Waals surface area contributed by atoms with Crippen LogP contribution in [0.25, 0.3) is 0 Å². The van der Waals surface area contributed by atoms with E-state index in [-0.39, 0.29) is 11.9 Å². The Bertz CT molecular complexity index is 130. The number of carbonyl (C=O) groups excluding carboxylic acids is 1. The van der Waals surface area contributed by atoms with Gasteiger partial charge in [-0.05, 0) is 25.8 Å². The van der Waals surface area contributed by atoms with Crippen molar-refractivity contribution in [2.75, 3.05) is 13.1 Å². The molecule has 1 amide bonds. The summed E-state index contributed by atoms with van der Waals surface area (Å²) in [5, 5.41) is 6.03. The van der Waals surface area contributed by atoms with Crippen LogP contribution in [0.15, 0.2) is 0 Å². The summed E-state index contributed by atoms with van der Waals surface area (Å²) < 4.78 is 0. The van der Waals surface area contributed by atoms with Gasteiger partial charge in [-0.3, -0.25) is 4.79 Å². The van der Waals surface area contributed by atoms with Crippen LogP contribution in [-0.2, 0) is 4.79 Å². The van der Waals surface area contributed by atoms with E-state index in [1.807, 2.05) is 0 Å². The Hall–Kier alpha value is -0.570. The predicted molar refractivity (Wildman–Crippen MR) is 44.3 cm³/mol. The molecule has 3 nitrogen and oxygen atoms in total. The Balaban J connectivity index is 2.17. The molecule has 0 aliphatic carbocycles. The molecule has 1 aliphatic rings. The van der Waals surface area contributed by atoms with E-state index in [1.165, 1.54) is 0 Å². The summed E-state index contributed by atoms with van der Waals surface area (Å²) in [7, 11) is 0. The molecule has 1 heterocycles. The highest BCUT2D eigenvalue weighted by atomic mass is 16.2. The van der Waals surface area contributed by atoms with Crippen molar-refractivity contribution in [1.29, 1.82) is 0 Å². The highest BCUT2D eigenvalue weighted by Gasteiger charge is 2.20. The normalized spacial score (nSPS) is 23.5. The van der Waals surface area contributed by atoms with Crippen molar-refractivity contribution in [2.45, 2.75) is 32.2 Å². The van der Waals surface area contributed by atoms with Gasteiger partial charge in [-0.15, -0.1) is 0 Å². The van der Waals surface area contributed by atoms with E-state index in [2.05, 4.69) is 17.6 Å². The van der Waals surface area contributed by atoms with E-state index in [1.54, 1.807) is 0 Å². The Morgan fingerprint density at radius 1 is 1.73 bits per heavy atom. The number of nitrogens with one attached hydrogen (secondary N) is 2. The van der Waals surface area contributed by atoms with Gasteiger partial charge in [-0.2, -0.15) is 0 Å². The number of hydrogen-bond acceptors (Lipinski definition) is 2. The molecule has 0 aromatic heterocycles. The molecular formula is C8H16N2O. The molecule has 2 N–H and O–H groups in total. The first kappa shape index (κ1) is 8.53. The van der Waals surface area contributed by atoms with Crippen molar-refractivity contribution in [1.82, 2.24) is 10.6 Å². The molecule has 1 saturated heterocycles. The van der Waals surface area contributed by atoms with Crippen LogP contribution in [0, 0.1) is 0 Å². The van der Waals surface area contributed by atoms with Crippen LogP contribution in [0.2, 0.25) is 0 Å². The average molecular weight is 156 g/mol. The van der Waals surface area contributed by atoms with Crippen molar-refractivity contribution in [2.24, 2.45) is 0 Å². The van der Waals surface area contributed by atoms with Gasteiger partial charge >= 0.3 is 0 Å². The molecule has 11 heavy (non-hydrogen) atoms. The van der Waals surface area contributed by atoms with Crippen molar-refractivity contribution in [3.63, 3.8) is 0 Å². The zero-order valence-corrected chi connectivity index (χ0v) is 7.02. The van der Waals surface area contributed by atoms with Gasteiger partial charge in [0.25, 0.3) is 0 Å². The van der Waals surface area contributed by atoms with E-state index in [0.717, 1.165) is 32.4 Å². The van der Waals surface area contributed by atoms with Gasteiger partial charge in [0.15, 0.2) is 0 Å². The molecule has 64 valence electrons. The summed E-state index contributed by atoms with van der Waals surface area (Å²) in [5.74, 6) is 0.171. The Morgan fingerprint density at radius 2 is 2.55 bits per heavy atom. The van der Waals surface area contributed by atoms with Crippen LogP contribution in [0.1, 0.15) is 26.2 Å². The summed E-state index contributed by atoms with van der Waals surface area (Å²) in [6.45, 7) is 3.85. The third kappa shape index (κ3) is 2.50. The fourth-order valence-corrected chi connectivity index (χ4v) is 1.28. The fourth-order valence-electron chi connectivity index (χ4n) is 1.28. The van der Waals surface area contributed by atoms with Crippen LogP contribution < -0.4 is 10.6 Å². The lowest BCUT2D eigenvalue weighted by Crippen LogP contribution is -2.40. The molecule has 0 bridgehead atoms. The smallest absolute Gasteiger partial charge is 0.237 e. The van der Waals surface area contributed by atoms with Crippen LogP contribution in [0.5, 0.6) is 0 Å². The van der Waals surface area contributed by atoms with E-state index >= 15 is 0 Å². The summed E-state index contributed by atoms with van der Waals surface area (Å²) in [6.07, 6.45) is 3.14. The molecule has 1 aliphatic heterocycles. The monoisotopic (exact) mass is 156 g/mol. The van der Waals surface area contributed by atoms with E-state index in [0.29, 0.717) is 0 Å². The molecule has 3 heteroatoms. The third-order valence-electron chi connectivity index (χ3n) is 1.93. The van der Waals surface area contributed by atoms with Crippen molar-refractivity contribution in [3.05, 3.63) is 0 Å². The Labute approximate surface area is 67.5 Å². The first-order valence-electron chi connectivity index (χ1n) is 4.35. The zero-order valence-electron chi connectivity index (χ0n) is 7.02. The minimum absolute atomic E-state index is 0.0848. The number of rotatable bonds is 3. The number of amides is 1. The second-order valence-corrected chi connectivity index (χ2v) is 2.94. The third-order valence-corrected chi connectivity index (χ3v) is 1.93. The molecule has 0 radical (unpaired) electrons. The first-order chi connectivity index (χ1) is 5.34. The fraction of sp³-hybridized carbons (Fsp3) is 0.875. The summed E-state index contributed by atoms with van der Waals surface area (Å²) in [6, 6.07) is 0.0848. The summed E-state index contributed by atoms with van der Waals surface area (Å²) in [4.78, 5) is 11.2. The van der Waals surface area contributed by atoms with E-state index in [9.17, 15) is 4.79 Å². The molecule has 1 fully saturated rings. The van der Waals surface area contributed by atoms with Crippen molar-refractivity contribution < 1.29 is 4.79 Å². The number of hydrogen-bond donors (Lipinski definition) is 2. The number of carbonyl (C=O) groups is 1. The predicted octanol–water partition coefficient (Wildman–Crippen LogP) is 0.265. The maximum Gasteiger partial charge on any atom is 0.237 e. The Kier molecular flexibility index (Phi) is 3.36. The molecule has 1 rings (SSSR count). The van der Waals surface area contributed by atoms with Crippen molar-refractivity contribution in [3.8, 4) is 0 Å². The highest BCUT2D eigenvalue weighted by Crippen LogP contribution is 2.03. The average Bonchev–Trinajstić information content (AvgIpc) is 2.52. The molecule has 0 aromatic rings. The lowest BCUT2D eigenvalue weighted by Gasteiger charge is -2.09. The van der Waals surface area contributed by atoms with Gasteiger partial charge in [0.05, 0.1) is 6.04 Å².